The summed E-state index contributed by atoms with van der Waals surface area (Å²) in [6.45, 7) is 2.02. The maximum atomic E-state index is 12.6. The van der Waals surface area contributed by atoms with E-state index in [1.807, 2.05) is 0 Å². The Balaban J connectivity index is 1.63. The molecule has 3 rings (SSSR count). The zero-order valence-electron chi connectivity index (χ0n) is 14.3. The van der Waals surface area contributed by atoms with Crippen LogP contribution in [0.4, 0.5) is 0 Å². The van der Waals surface area contributed by atoms with Crippen LogP contribution in [0.15, 0.2) is 18.2 Å². The van der Waals surface area contributed by atoms with Gasteiger partial charge in [-0.05, 0) is 25.0 Å². The molecule has 0 bridgehead atoms. The third kappa shape index (κ3) is 4.35. The van der Waals surface area contributed by atoms with E-state index in [1.54, 1.807) is 28.0 Å². The zero-order valence-corrected chi connectivity index (χ0v) is 14.3. The highest BCUT2D eigenvalue weighted by Gasteiger charge is 2.23. The molecular formula is C18H24N4O3. The van der Waals surface area contributed by atoms with Crippen LogP contribution in [0, 0.1) is 0 Å². The Labute approximate surface area is 147 Å². The summed E-state index contributed by atoms with van der Waals surface area (Å²) in [5, 5.41) is 3.02. The fourth-order valence-corrected chi connectivity index (χ4v) is 3.38. The first-order valence-electron chi connectivity index (χ1n) is 8.94. The molecule has 1 N–H and O–H groups in total. The average Bonchev–Trinajstić information content (AvgIpc) is 2.68. The molecule has 0 aromatic carbocycles. The minimum absolute atomic E-state index is 0.196. The van der Waals surface area contributed by atoms with Gasteiger partial charge in [0, 0.05) is 32.2 Å². The number of aromatic nitrogens is 1. The summed E-state index contributed by atoms with van der Waals surface area (Å²) < 4.78 is 0. The van der Waals surface area contributed by atoms with Crippen LogP contribution in [-0.2, 0) is 4.79 Å². The Kier molecular flexibility index (Phi) is 5.63. The number of hydrogen-bond acceptors (Lipinski definition) is 4. The van der Waals surface area contributed by atoms with E-state index < -0.39 is 0 Å². The van der Waals surface area contributed by atoms with E-state index >= 15 is 0 Å². The monoisotopic (exact) mass is 344 g/mol. The standard InChI is InChI=1S/C18H24N4O3/c23-13-21-9-11-22(12-10-21)18(25)16-8-4-7-15(20-16)17(24)19-14-5-2-1-3-6-14/h4,7-8,13-14H,1-3,5-6,9-12H2,(H,19,24). The van der Waals surface area contributed by atoms with Crippen LogP contribution in [0.25, 0.3) is 0 Å². The second kappa shape index (κ2) is 8.09. The zero-order chi connectivity index (χ0) is 17.6. The predicted molar refractivity (Wildman–Crippen MR) is 92.1 cm³/mol. The topological polar surface area (TPSA) is 82.6 Å². The van der Waals surface area contributed by atoms with E-state index in [2.05, 4.69) is 10.3 Å². The molecule has 0 spiro atoms. The Morgan fingerprint density at radius 3 is 2.40 bits per heavy atom. The van der Waals surface area contributed by atoms with Gasteiger partial charge in [0.15, 0.2) is 0 Å². The normalized spacial score (nSPS) is 18.7. The van der Waals surface area contributed by atoms with Crippen LogP contribution in [-0.4, -0.2) is 65.2 Å². The van der Waals surface area contributed by atoms with E-state index in [9.17, 15) is 14.4 Å². The highest BCUT2D eigenvalue weighted by atomic mass is 16.2. The first-order chi connectivity index (χ1) is 12.2. The molecule has 25 heavy (non-hydrogen) atoms. The molecule has 7 nitrogen and oxygen atoms in total. The molecule has 0 atom stereocenters. The van der Waals surface area contributed by atoms with Crippen molar-refractivity contribution in [2.24, 2.45) is 0 Å². The van der Waals surface area contributed by atoms with Gasteiger partial charge in [-0.15, -0.1) is 0 Å². The quantitative estimate of drug-likeness (QED) is 0.828. The lowest BCUT2D eigenvalue weighted by Crippen LogP contribution is -2.48. The van der Waals surface area contributed by atoms with Crippen molar-refractivity contribution in [3.63, 3.8) is 0 Å². The highest BCUT2D eigenvalue weighted by Crippen LogP contribution is 2.17. The minimum Gasteiger partial charge on any atom is -0.348 e. The first kappa shape index (κ1) is 17.4. The average molecular weight is 344 g/mol. The fraction of sp³-hybridized carbons (Fsp3) is 0.556. The molecule has 1 saturated heterocycles. The lowest BCUT2D eigenvalue weighted by atomic mass is 9.95. The summed E-state index contributed by atoms with van der Waals surface area (Å²) in [5.41, 5.74) is 0.554. The largest absolute Gasteiger partial charge is 0.348 e. The van der Waals surface area contributed by atoms with E-state index in [0.717, 1.165) is 32.1 Å². The Hall–Kier alpha value is -2.44. The van der Waals surface area contributed by atoms with Crippen LogP contribution in [0.5, 0.6) is 0 Å². The smallest absolute Gasteiger partial charge is 0.272 e. The molecule has 7 heteroatoms. The van der Waals surface area contributed by atoms with Gasteiger partial charge in [0.25, 0.3) is 11.8 Å². The van der Waals surface area contributed by atoms with Crippen molar-refractivity contribution in [1.82, 2.24) is 20.1 Å². The number of piperazine rings is 1. The van der Waals surface area contributed by atoms with Gasteiger partial charge in [-0.25, -0.2) is 4.98 Å². The predicted octanol–water partition coefficient (Wildman–Crippen LogP) is 1.06. The SMILES string of the molecule is O=CN1CCN(C(=O)c2cccc(C(=O)NC3CCCCC3)n2)CC1. The molecule has 1 aromatic rings. The molecule has 1 aliphatic heterocycles. The van der Waals surface area contributed by atoms with Crippen LogP contribution in [0.1, 0.15) is 53.1 Å². The van der Waals surface area contributed by atoms with Gasteiger partial charge in [0.2, 0.25) is 6.41 Å². The summed E-state index contributed by atoms with van der Waals surface area (Å²) in [4.78, 5) is 43.3. The number of nitrogens with zero attached hydrogens (tertiary/aromatic N) is 3. The number of carbonyl (C=O) groups is 3. The van der Waals surface area contributed by atoms with E-state index in [1.165, 1.54) is 6.42 Å². The lowest BCUT2D eigenvalue weighted by Gasteiger charge is -2.32. The highest BCUT2D eigenvalue weighted by molar-refractivity contribution is 5.96. The van der Waals surface area contributed by atoms with Gasteiger partial charge in [0.1, 0.15) is 11.4 Å². The molecule has 1 aromatic heterocycles. The van der Waals surface area contributed by atoms with Gasteiger partial charge in [0.05, 0.1) is 0 Å². The van der Waals surface area contributed by atoms with Crippen LogP contribution in [0.2, 0.25) is 0 Å². The van der Waals surface area contributed by atoms with Gasteiger partial charge in [-0.1, -0.05) is 25.3 Å². The summed E-state index contributed by atoms with van der Waals surface area (Å²) in [7, 11) is 0. The van der Waals surface area contributed by atoms with Gasteiger partial charge in [-0.3, -0.25) is 14.4 Å². The van der Waals surface area contributed by atoms with Crippen molar-refractivity contribution in [2.75, 3.05) is 26.2 Å². The van der Waals surface area contributed by atoms with Crippen molar-refractivity contribution in [1.29, 1.82) is 0 Å². The van der Waals surface area contributed by atoms with Crippen molar-refractivity contribution in [3.8, 4) is 0 Å². The third-order valence-corrected chi connectivity index (χ3v) is 4.89. The Morgan fingerprint density at radius 1 is 1.04 bits per heavy atom. The maximum Gasteiger partial charge on any atom is 0.272 e. The van der Waals surface area contributed by atoms with Crippen molar-refractivity contribution < 1.29 is 14.4 Å². The van der Waals surface area contributed by atoms with Gasteiger partial charge >= 0.3 is 0 Å². The number of rotatable bonds is 4. The Morgan fingerprint density at radius 2 is 1.72 bits per heavy atom. The Bertz CT molecular complexity index is 635. The minimum atomic E-state index is -0.215. The van der Waals surface area contributed by atoms with Gasteiger partial charge < -0.3 is 15.1 Å². The van der Waals surface area contributed by atoms with Crippen LogP contribution < -0.4 is 5.32 Å². The molecular weight excluding hydrogens is 320 g/mol. The summed E-state index contributed by atoms with van der Waals surface area (Å²) in [6.07, 6.45) is 6.33. The number of amides is 3. The molecule has 2 aliphatic rings. The second-order valence-corrected chi connectivity index (χ2v) is 6.65. The lowest BCUT2D eigenvalue weighted by molar-refractivity contribution is -0.119. The van der Waals surface area contributed by atoms with Gasteiger partial charge in [-0.2, -0.15) is 0 Å². The summed E-state index contributed by atoms with van der Waals surface area (Å²) in [6, 6.07) is 5.17. The number of hydrogen-bond donors (Lipinski definition) is 1. The van der Waals surface area contributed by atoms with Crippen molar-refractivity contribution >= 4 is 18.2 Å². The molecule has 134 valence electrons. The first-order valence-corrected chi connectivity index (χ1v) is 8.94. The van der Waals surface area contributed by atoms with Crippen molar-refractivity contribution in [2.45, 2.75) is 38.1 Å². The molecule has 0 unspecified atom stereocenters. The fourth-order valence-electron chi connectivity index (χ4n) is 3.38. The third-order valence-electron chi connectivity index (χ3n) is 4.89. The van der Waals surface area contributed by atoms with E-state index in [4.69, 9.17) is 0 Å². The van der Waals surface area contributed by atoms with E-state index in [0.29, 0.717) is 26.2 Å². The molecule has 1 saturated carbocycles. The maximum absolute atomic E-state index is 12.6. The number of pyridine rings is 1. The number of carbonyl (C=O) groups excluding carboxylic acids is 3. The molecule has 3 amide bonds. The molecule has 2 fully saturated rings. The van der Waals surface area contributed by atoms with E-state index in [-0.39, 0.29) is 29.2 Å². The summed E-state index contributed by atoms with van der Waals surface area (Å²) >= 11 is 0. The van der Waals surface area contributed by atoms with Crippen LogP contribution in [0.3, 0.4) is 0 Å². The van der Waals surface area contributed by atoms with Crippen LogP contribution >= 0.6 is 0 Å². The molecule has 1 aliphatic carbocycles. The van der Waals surface area contributed by atoms with Crippen molar-refractivity contribution in [3.05, 3.63) is 29.6 Å². The molecule has 0 radical (unpaired) electrons. The second-order valence-electron chi connectivity index (χ2n) is 6.65. The number of nitrogens with one attached hydrogen (secondary N) is 1. The molecule has 2 heterocycles. The summed E-state index contributed by atoms with van der Waals surface area (Å²) in [5.74, 6) is -0.412.